The molecule has 0 amide bonds. The quantitative estimate of drug-likeness (QED) is 0.835. The lowest BCUT2D eigenvalue weighted by Crippen LogP contribution is -2.38. The predicted octanol–water partition coefficient (Wildman–Crippen LogP) is 2.19. The highest BCUT2D eigenvalue weighted by Crippen LogP contribution is 2.31. The summed E-state index contributed by atoms with van der Waals surface area (Å²) in [6.07, 6.45) is 2.22. The molecule has 1 aliphatic rings. The van der Waals surface area contributed by atoms with Crippen LogP contribution >= 0.6 is 28.3 Å². The average molecular weight is 370 g/mol. The normalized spacial score (nSPS) is 16.8. The summed E-state index contributed by atoms with van der Waals surface area (Å²) in [7, 11) is -3.47. The highest BCUT2D eigenvalue weighted by Gasteiger charge is 2.29. The van der Waals surface area contributed by atoms with Gasteiger partial charge in [0.25, 0.3) is 0 Å². The monoisotopic (exact) mass is 368 g/mol. The number of benzene rings is 1. The predicted molar refractivity (Wildman–Crippen MR) is 82.0 cm³/mol. The van der Waals surface area contributed by atoms with Crippen LogP contribution in [-0.4, -0.2) is 21.0 Å². The van der Waals surface area contributed by atoms with Crippen LogP contribution in [0.25, 0.3) is 0 Å². The molecule has 0 saturated heterocycles. The molecule has 1 aliphatic carbocycles. The van der Waals surface area contributed by atoms with Crippen molar-refractivity contribution in [3.63, 3.8) is 0 Å². The van der Waals surface area contributed by atoms with E-state index in [9.17, 15) is 8.42 Å². The summed E-state index contributed by atoms with van der Waals surface area (Å²) in [5, 5.41) is 0. The van der Waals surface area contributed by atoms with Crippen molar-refractivity contribution in [2.75, 3.05) is 6.54 Å². The Morgan fingerprint density at radius 1 is 1.47 bits per heavy atom. The van der Waals surface area contributed by atoms with Gasteiger partial charge in [0.1, 0.15) is 0 Å². The van der Waals surface area contributed by atoms with Gasteiger partial charge in [0, 0.05) is 17.1 Å². The number of sulfonamides is 1. The van der Waals surface area contributed by atoms with Gasteiger partial charge < -0.3 is 5.73 Å². The van der Waals surface area contributed by atoms with E-state index in [1.54, 1.807) is 19.1 Å². The molecule has 0 heterocycles. The van der Waals surface area contributed by atoms with Gasteiger partial charge in [-0.2, -0.15) is 0 Å². The summed E-state index contributed by atoms with van der Waals surface area (Å²) in [6, 6.07) is 5.06. The van der Waals surface area contributed by atoms with E-state index in [1.807, 2.05) is 6.07 Å². The van der Waals surface area contributed by atoms with Crippen molar-refractivity contribution in [3.8, 4) is 0 Å². The van der Waals surface area contributed by atoms with E-state index in [0.29, 0.717) is 22.9 Å². The van der Waals surface area contributed by atoms with Gasteiger partial charge in [-0.05, 0) is 43.4 Å². The minimum absolute atomic E-state index is 0. The molecule has 4 nitrogen and oxygen atoms in total. The first-order valence-electron chi connectivity index (χ1n) is 5.92. The van der Waals surface area contributed by atoms with Crippen LogP contribution in [0.2, 0.25) is 0 Å². The molecule has 1 fully saturated rings. The molecule has 1 aromatic rings. The Kier molecular flexibility index (Phi) is 5.82. The molecule has 0 bridgehead atoms. The minimum atomic E-state index is -3.47. The lowest BCUT2D eigenvalue weighted by molar-refractivity contribution is 0.547. The lowest BCUT2D eigenvalue weighted by atomic mass is 10.2. The van der Waals surface area contributed by atoms with Crippen molar-refractivity contribution in [3.05, 3.63) is 28.2 Å². The molecule has 1 atom stereocenters. The molecule has 0 aliphatic heterocycles. The average Bonchev–Trinajstić information content (AvgIpc) is 3.13. The molecule has 19 heavy (non-hydrogen) atoms. The lowest BCUT2D eigenvalue weighted by Gasteiger charge is -2.13. The van der Waals surface area contributed by atoms with Crippen LogP contribution in [0, 0.1) is 12.8 Å². The molecular formula is C12H18BrClN2O2S. The highest BCUT2D eigenvalue weighted by molar-refractivity contribution is 9.10. The summed E-state index contributed by atoms with van der Waals surface area (Å²) in [5.41, 5.74) is 6.61. The standard InChI is InChI=1S/C12H17BrN2O2S.ClH/c1-8-10(13)3-2-4-12(8)18(16,17)15-7-11(14)9-5-6-9;/h2-4,9,11,15H,5-7,14H2,1H3;1H. The van der Waals surface area contributed by atoms with E-state index in [4.69, 9.17) is 5.73 Å². The fraction of sp³-hybridized carbons (Fsp3) is 0.500. The van der Waals surface area contributed by atoms with Crippen LogP contribution in [0.4, 0.5) is 0 Å². The number of halogens is 2. The zero-order valence-electron chi connectivity index (χ0n) is 10.6. The van der Waals surface area contributed by atoms with E-state index < -0.39 is 10.0 Å². The van der Waals surface area contributed by atoms with Crippen molar-refractivity contribution < 1.29 is 8.42 Å². The Balaban J connectivity index is 0.00000180. The van der Waals surface area contributed by atoms with Crippen molar-refractivity contribution in [2.45, 2.75) is 30.7 Å². The molecule has 3 N–H and O–H groups in total. The van der Waals surface area contributed by atoms with Crippen LogP contribution in [0.5, 0.6) is 0 Å². The maximum Gasteiger partial charge on any atom is 0.240 e. The number of nitrogens with one attached hydrogen (secondary N) is 1. The van der Waals surface area contributed by atoms with Gasteiger partial charge in [0.15, 0.2) is 0 Å². The molecule has 108 valence electrons. The zero-order valence-corrected chi connectivity index (χ0v) is 13.8. The third-order valence-corrected chi connectivity index (χ3v) is 5.67. The SMILES string of the molecule is Cc1c(Br)cccc1S(=O)(=O)NCC(N)C1CC1.Cl. The third-order valence-electron chi connectivity index (χ3n) is 3.24. The van der Waals surface area contributed by atoms with Crippen LogP contribution in [0.15, 0.2) is 27.6 Å². The van der Waals surface area contributed by atoms with E-state index in [-0.39, 0.29) is 18.4 Å². The molecule has 2 rings (SSSR count). The summed E-state index contributed by atoms with van der Waals surface area (Å²) < 4.78 is 27.7. The van der Waals surface area contributed by atoms with Gasteiger partial charge in [-0.15, -0.1) is 12.4 Å². The summed E-state index contributed by atoms with van der Waals surface area (Å²) in [6.45, 7) is 2.08. The zero-order chi connectivity index (χ0) is 13.3. The number of nitrogens with two attached hydrogens (primary N) is 1. The second-order valence-electron chi connectivity index (χ2n) is 4.72. The molecule has 1 aromatic carbocycles. The van der Waals surface area contributed by atoms with E-state index >= 15 is 0 Å². The number of rotatable bonds is 5. The summed E-state index contributed by atoms with van der Waals surface area (Å²) >= 11 is 3.33. The Labute approximate surface area is 128 Å². The van der Waals surface area contributed by atoms with Gasteiger partial charge in [-0.1, -0.05) is 22.0 Å². The van der Waals surface area contributed by atoms with Crippen LogP contribution < -0.4 is 10.5 Å². The Bertz CT molecular complexity index is 547. The second kappa shape index (κ2) is 6.54. The molecular weight excluding hydrogens is 352 g/mol. The maximum absolute atomic E-state index is 12.2. The summed E-state index contributed by atoms with van der Waals surface area (Å²) in [4.78, 5) is 0.305. The largest absolute Gasteiger partial charge is 0.326 e. The first-order valence-corrected chi connectivity index (χ1v) is 8.20. The smallest absolute Gasteiger partial charge is 0.240 e. The van der Waals surface area contributed by atoms with Gasteiger partial charge in [0.2, 0.25) is 10.0 Å². The van der Waals surface area contributed by atoms with Crippen molar-refractivity contribution in [1.82, 2.24) is 4.72 Å². The van der Waals surface area contributed by atoms with E-state index in [1.165, 1.54) is 0 Å². The van der Waals surface area contributed by atoms with Gasteiger partial charge in [-0.3, -0.25) is 0 Å². The van der Waals surface area contributed by atoms with Crippen molar-refractivity contribution in [1.29, 1.82) is 0 Å². The van der Waals surface area contributed by atoms with Gasteiger partial charge in [-0.25, -0.2) is 13.1 Å². The Hall–Kier alpha value is -0.140. The van der Waals surface area contributed by atoms with E-state index in [2.05, 4.69) is 20.7 Å². The van der Waals surface area contributed by atoms with Crippen LogP contribution in [0.1, 0.15) is 18.4 Å². The second-order valence-corrected chi connectivity index (χ2v) is 7.31. The van der Waals surface area contributed by atoms with Crippen molar-refractivity contribution in [2.24, 2.45) is 11.7 Å². The van der Waals surface area contributed by atoms with Gasteiger partial charge >= 0.3 is 0 Å². The highest BCUT2D eigenvalue weighted by atomic mass is 79.9. The molecule has 0 aromatic heterocycles. The number of hydrogen-bond acceptors (Lipinski definition) is 3. The number of hydrogen-bond donors (Lipinski definition) is 2. The molecule has 0 spiro atoms. The first kappa shape index (κ1) is 16.9. The van der Waals surface area contributed by atoms with Crippen LogP contribution in [-0.2, 0) is 10.0 Å². The first-order chi connectivity index (χ1) is 8.42. The van der Waals surface area contributed by atoms with Gasteiger partial charge in [0.05, 0.1) is 4.90 Å². The molecule has 1 saturated carbocycles. The van der Waals surface area contributed by atoms with Crippen LogP contribution in [0.3, 0.4) is 0 Å². The third kappa shape index (κ3) is 4.16. The topological polar surface area (TPSA) is 72.2 Å². The Morgan fingerprint density at radius 2 is 2.11 bits per heavy atom. The molecule has 1 unspecified atom stereocenters. The fourth-order valence-electron chi connectivity index (χ4n) is 1.85. The molecule has 0 radical (unpaired) electrons. The van der Waals surface area contributed by atoms with E-state index in [0.717, 1.165) is 17.3 Å². The summed E-state index contributed by atoms with van der Waals surface area (Å²) in [5.74, 6) is 0.483. The van der Waals surface area contributed by atoms with Crippen molar-refractivity contribution >= 4 is 38.4 Å². The molecule has 7 heteroatoms. The minimum Gasteiger partial charge on any atom is -0.326 e. The Morgan fingerprint density at radius 3 is 2.68 bits per heavy atom. The maximum atomic E-state index is 12.2. The fourth-order valence-corrected chi connectivity index (χ4v) is 3.69.